The smallest absolute Gasteiger partial charge is 0.270 e. The number of rotatable bonds is 6. The Balaban J connectivity index is 2.93. The molecule has 104 valence electrons. The number of non-ortho nitro benzene ring substituents is 1. The summed E-state index contributed by atoms with van der Waals surface area (Å²) < 4.78 is 4.99. The van der Waals surface area contributed by atoms with E-state index in [0.717, 1.165) is 0 Å². The summed E-state index contributed by atoms with van der Waals surface area (Å²) in [7, 11) is 1.52. The van der Waals surface area contributed by atoms with Crippen molar-refractivity contribution >= 4 is 17.3 Å². The lowest BCUT2D eigenvalue weighted by Gasteiger charge is -2.12. The fourth-order valence-electron chi connectivity index (χ4n) is 1.37. The van der Waals surface area contributed by atoms with Crippen LogP contribution in [-0.4, -0.2) is 30.6 Å². The normalized spacial score (nSPS) is 11.7. The van der Waals surface area contributed by atoms with Crippen molar-refractivity contribution in [3.05, 3.63) is 33.9 Å². The summed E-state index contributed by atoms with van der Waals surface area (Å²) in [6.45, 7) is 2.08. The predicted octanol–water partition coefficient (Wildman–Crippen LogP) is 0.645. The highest BCUT2D eigenvalue weighted by molar-refractivity contribution is 6.00. The van der Waals surface area contributed by atoms with Gasteiger partial charge in [0.1, 0.15) is 0 Å². The van der Waals surface area contributed by atoms with E-state index >= 15 is 0 Å². The second-order valence-electron chi connectivity index (χ2n) is 3.89. The molecular weight excluding hydrogens is 252 g/mol. The highest BCUT2D eigenvalue weighted by atomic mass is 16.6. The number of nitro groups is 1. The number of hydrogen-bond donors (Lipinski definition) is 3. The van der Waals surface area contributed by atoms with Crippen LogP contribution >= 0.6 is 0 Å². The second kappa shape index (κ2) is 6.66. The lowest BCUT2D eigenvalue weighted by atomic mass is 10.1. The topological polar surface area (TPSA) is 120 Å². The molecule has 19 heavy (non-hydrogen) atoms. The molecule has 8 nitrogen and oxygen atoms in total. The van der Waals surface area contributed by atoms with Crippen LogP contribution < -0.4 is 16.6 Å². The van der Waals surface area contributed by atoms with Crippen molar-refractivity contribution in [1.82, 2.24) is 5.32 Å². The first-order chi connectivity index (χ1) is 8.99. The maximum Gasteiger partial charge on any atom is 0.270 e. The van der Waals surface area contributed by atoms with Gasteiger partial charge < -0.3 is 15.5 Å². The van der Waals surface area contributed by atoms with Gasteiger partial charge in [-0.2, -0.15) is 0 Å². The van der Waals surface area contributed by atoms with Crippen LogP contribution in [0.3, 0.4) is 0 Å². The second-order valence-corrected chi connectivity index (χ2v) is 3.89. The summed E-state index contributed by atoms with van der Waals surface area (Å²) in [5, 5.41) is 13.3. The summed E-state index contributed by atoms with van der Waals surface area (Å²) in [5.41, 5.74) is 2.58. The molecule has 0 fully saturated rings. The molecular formula is C11H16N4O4. The molecule has 0 aromatic heterocycles. The number of nitrogens with one attached hydrogen (secondary N) is 2. The van der Waals surface area contributed by atoms with Crippen LogP contribution in [0.25, 0.3) is 0 Å². The van der Waals surface area contributed by atoms with E-state index in [-0.39, 0.29) is 17.4 Å². The lowest BCUT2D eigenvalue weighted by Crippen LogP contribution is -2.32. The average molecular weight is 268 g/mol. The van der Waals surface area contributed by atoms with E-state index in [1.807, 2.05) is 0 Å². The van der Waals surface area contributed by atoms with Gasteiger partial charge in [-0.25, -0.2) is 0 Å². The quantitative estimate of drug-likeness (QED) is 0.396. The van der Waals surface area contributed by atoms with E-state index in [0.29, 0.717) is 12.2 Å². The third kappa shape index (κ3) is 3.90. The van der Waals surface area contributed by atoms with Gasteiger partial charge in [0.2, 0.25) is 0 Å². The summed E-state index contributed by atoms with van der Waals surface area (Å²) >= 11 is 0. The Hall–Kier alpha value is -2.19. The van der Waals surface area contributed by atoms with E-state index in [1.165, 1.54) is 25.3 Å². The summed E-state index contributed by atoms with van der Waals surface area (Å²) in [4.78, 5) is 22.1. The van der Waals surface area contributed by atoms with Crippen LogP contribution in [0.1, 0.15) is 17.3 Å². The monoisotopic (exact) mass is 268 g/mol. The van der Waals surface area contributed by atoms with Crippen molar-refractivity contribution in [2.24, 2.45) is 5.84 Å². The highest BCUT2D eigenvalue weighted by Crippen LogP contribution is 2.21. The SMILES string of the molecule is COC(C)CNC(=O)c1cc([N+](=O)[O-])ccc1NN. The molecule has 0 saturated carbocycles. The lowest BCUT2D eigenvalue weighted by molar-refractivity contribution is -0.384. The number of nitrogens with two attached hydrogens (primary N) is 1. The number of methoxy groups -OCH3 is 1. The van der Waals surface area contributed by atoms with Crippen LogP contribution in [0.4, 0.5) is 11.4 Å². The van der Waals surface area contributed by atoms with Gasteiger partial charge in [-0.1, -0.05) is 0 Å². The summed E-state index contributed by atoms with van der Waals surface area (Å²) in [6, 6.07) is 3.82. The van der Waals surface area contributed by atoms with Gasteiger partial charge >= 0.3 is 0 Å². The first kappa shape index (κ1) is 14.9. The van der Waals surface area contributed by atoms with Gasteiger partial charge in [0.25, 0.3) is 11.6 Å². The molecule has 1 aromatic carbocycles. The molecule has 4 N–H and O–H groups in total. The number of ether oxygens (including phenoxy) is 1. The van der Waals surface area contributed by atoms with Gasteiger partial charge in [-0.15, -0.1) is 0 Å². The van der Waals surface area contributed by atoms with E-state index in [4.69, 9.17) is 10.6 Å². The molecule has 0 spiro atoms. The molecule has 0 saturated heterocycles. The van der Waals surface area contributed by atoms with Gasteiger partial charge in [-0.05, 0) is 13.0 Å². The van der Waals surface area contributed by atoms with E-state index in [9.17, 15) is 14.9 Å². The molecule has 1 aromatic rings. The number of hydrogen-bond acceptors (Lipinski definition) is 6. The van der Waals surface area contributed by atoms with Crippen LogP contribution in [0.5, 0.6) is 0 Å². The molecule has 0 aliphatic heterocycles. The third-order valence-corrected chi connectivity index (χ3v) is 2.57. The fourth-order valence-corrected chi connectivity index (χ4v) is 1.37. The minimum absolute atomic E-state index is 0.111. The van der Waals surface area contributed by atoms with Gasteiger partial charge in [-0.3, -0.25) is 20.8 Å². The maximum atomic E-state index is 11.9. The molecule has 1 rings (SSSR count). The van der Waals surface area contributed by atoms with Crippen molar-refractivity contribution < 1.29 is 14.5 Å². The van der Waals surface area contributed by atoms with E-state index in [1.54, 1.807) is 6.92 Å². The van der Waals surface area contributed by atoms with Crippen LogP contribution in [0.15, 0.2) is 18.2 Å². The van der Waals surface area contributed by atoms with Crippen molar-refractivity contribution in [3.63, 3.8) is 0 Å². The average Bonchev–Trinajstić information content (AvgIpc) is 2.43. The van der Waals surface area contributed by atoms with Gasteiger partial charge in [0.15, 0.2) is 0 Å². The van der Waals surface area contributed by atoms with Crippen LogP contribution in [0, 0.1) is 10.1 Å². The molecule has 1 amide bonds. The molecule has 0 radical (unpaired) electrons. The first-order valence-corrected chi connectivity index (χ1v) is 5.55. The van der Waals surface area contributed by atoms with E-state index < -0.39 is 10.8 Å². The number of anilines is 1. The zero-order valence-electron chi connectivity index (χ0n) is 10.7. The molecule has 0 aliphatic rings. The number of amides is 1. The number of nitrogens with zero attached hydrogens (tertiary/aromatic N) is 1. The number of carbonyl (C=O) groups excluding carboxylic acids is 1. The largest absolute Gasteiger partial charge is 0.380 e. The molecule has 8 heteroatoms. The molecule has 0 aliphatic carbocycles. The summed E-state index contributed by atoms with van der Waals surface area (Å²) in [6.07, 6.45) is -0.156. The molecule has 1 atom stereocenters. The Bertz CT molecular complexity index is 478. The van der Waals surface area contributed by atoms with Crippen molar-refractivity contribution in [3.8, 4) is 0 Å². The number of benzene rings is 1. The minimum atomic E-state index is -0.575. The highest BCUT2D eigenvalue weighted by Gasteiger charge is 2.16. The zero-order valence-corrected chi connectivity index (χ0v) is 10.7. The van der Waals surface area contributed by atoms with Crippen molar-refractivity contribution in [1.29, 1.82) is 0 Å². The fraction of sp³-hybridized carbons (Fsp3) is 0.364. The van der Waals surface area contributed by atoms with E-state index in [2.05, 4.69) is 10.7 Å². The van der Waals surface area contributed by atoms with Crippen LogP contribution in [-0.2, 0) is 4.74 Å². The Morgan fingerprint density at radius 1 is 1.58 bits per heavy atom. The molecule has 0 bridgehead atoms. The third-order valence-electron chi connectivity index (χ3n) is 2.57. The standard InChI is InChI=1S/C11H16N4O4/c1-7(19-2)6-13-11(16)9-5-8(15(17)18)3-4-10(9)14-12/h3-5,7,14H,6,12H2,1-2H3,(H,13,16). The summed E-state index contributed by atoms with van der Waals surface area (Å²) in [5.74, 6) is 4.81. The number of nitro benzene ring substituents is 1. The predicted molar refractivity (Wildman–Crippen MR) is 69.7 cm³/mol. The number of hydrazine groups is 1. The number of nitrogen functional groups attached to an aromatic ring is 1. The van der Waals surface area contributed by atoms with Crippen LogP contribution in [0.2, 0.25) is 0 Å². The Morgan fingerprint density at radius 3 is 2.79 bits per heavy atom. The number of carbonyl (C=O) groups is 1. The molecule has 0 heterocycles. The van der Waals surface area contributed by atoms with Gasteiger partial charge in [0, 0.05) is 25.8 Å². The van der Waals surface area contributed by atoms with Crippen molar-refractivity contribution in [2.75, 3.05) is 19.1 Å². The van der Waals surface area contributed by atoms with Crippen molar-refractivity contribution in [2.45, 2.75) is 13.0 Å². The Labute approximate surface area is 110 Å². The zero-order chi connectivity index (χ0) is 14.4. The molecule has 1 unspecified atom stereocenters. The Kier molecular flexibility index (Phi) is 5.22. The Morgan fingerprint density at radius 2 is 2.26 bits per heavy atom. The minimum Gasteiger partial charge on any atom is -0.380 e. The van der Waals surface area contributed by atoms with Gasteiger partial charge in [0.05, 0.1) is 22.3 Å². The first-order valence-electron chi connectivity index (χ1n) is 5.55. The maximum absolute atomic E-state index is 11.9.